The number of nitrogens with two attached hydrogens (primary N) is 1. The molecule has 372 valence electrons. The van der Waals surface area contributed by atoms with Gasteiger partial charge in [-0.25, -0.2) is 4.39 Å². The fraction of sp³-hybridized carbons (Fsp3) is 0.490. The summed E-state index contributed by atoms with van der Waals surface area (Å²) in [6.07, 6.45) is 3.56. The Kier molecular flexibility index (Phi) is 22.5. The number of benzene rings is 3. The molecule has 0 unspecified atom stereocenters. The van der Waals surface area contributed by atoms with Crippen LogP contribution in [0.3, 0.4) is 0 Å². The summed E-state index contributed by atoms with van der Waals surface area (Å²) >= 11 is 0. The summed E-state index contributed by atoms with van der Waals surface area (Å²) in [5.41, 5.74) is 9.04. The van der Waals surface area contributed by atoms with Crippen LogP contribution in [0.1, 0.15) is 41.7 Å². The van der Waals surface area contributed by atoms with Crippen LogP contribution in [-0.4, -0.2) is 134 Å². The summed E-state index contributed by atoms with van der Waals surface area (Å²) in [4.78, 5) is 27.1. The number of ether oxygens (including phenoxy) is 10. The van der Waals surface area contributed by atoms with Gasteiger partial charge in [0.1, 0.15) is 29.7 Å². The second-order valence-corrected chi connectivity index (χ2v) is 16.5. The largest absolute Gasteiger partial charge is 0.491 e. The van der Waals surface area contributed by atoms with Gasteiger partial charge in [-0.15, -0.1) is 0 Å². The first-order valence-corrected chi connectivity index (χ1v) is 23.0. The van der Waals surface area contributed by atoms with Crippen LogP contribution < -0.4 is 26.1 Å². The van der Waals surface area contributed by atoms with Crippen molar-refractivity contribution < 1.29 is 61.7 Å². The molecule has 5 rings (SSSR count). The molecule has 1 aliphatic carbocycles. The van der Waals surface area contributed by atoms with Gasteiger partial charge in [0.15, 0.2) is 0 Å². The molecule has 0 saturated heterocycles. The lowest BCUT2D eigenvalue weighted by Gasteiger charge is -2.22. The van der Waals surface area contributed by atoms with Crippen molar-refractivity contribution in [2.75, 3.05) is 124 Å². The summed E-state index contributed by atoms with van der Waals surface area (Å²) in [7, 11) is 1.66. The number of rotatable bonds is 33. The van der Waals surface area contributed by atoms with Crippen molar-refractivity contribution in [2.45, 2.75) is 39.7 Å². The number of aromatic nitrogens is 1. The fourth-order valence-corrected chi connectivity index (χ4v) is 7.09. The molecule has 1 heterocycles. The minimum absolute atomic E-state index is 0.121. The number of carbonyl (C=O) groups excluding carboxylic acids is 1. The molecule has 1 amide bonds. The second kappa shape index (κ2) is 28.4. The zero-order chi connectivity index (χ0) is 48.7. The van der Waals surface area contributed by atoms with Crippen LogP contribution in [0.15, 0.2) is 71.2 Å². The maximum Gasteiger partial charge on any atom is 0.254 e. The molecule has 4 aromatic rings. The first-order chi connectivity index (χ1) is 32.8. The van der Waals surface area contributed by atoms with Crippen LogP contribution in [0, 0.1) is 19.7 Å². The number of nitrogens with zero attached hydrogens (tertiary/aromatic N) is 1. The maximum absolute atomic E-state index is 14.2. The number of aliphatic hydroxyl groups is 1. The average Bonchev–Trinajstić information content (AvgIpc) is 3.77. The first-order valence-electron chi connectivity index (χ1n) is 23.0. The maximum atomic E-state index is 14.2. The molecule has 0 saturated carbocycles. The van der Waals surface area contributed by atoms with Gasteiger partial charge in [0.2, 0.25) is 0 Å². The number of nitrogens with one attached hydrogen (secondary N) is 1. The van der Waals surface area contributed by atoms with Gasteiger partial charge >= 0.3 is 0 Å². The Balaban J connectivity index is 0.968. The Morgan fingerprint density at radius 1 is 0.706 bits per heavy atom. The van der Waals surface area contributed by atoms with Crippen LogP contribution in [0.5, 0.6) is 17.2 Å². The van der Waals surface area contributed by atoms with Crippen LogP contribution >= 0.6 is 0 Å². The lowest BCUT2D eigenvalue weighted by Crippen LogP contribution is -2.22. The van der Waals surface area contributed by atoms with Crippen LogP contribution in [0.4, 0.5) is 10.1 Å². The minimum Gasteiger partial charge on any atom is -0.491 e. The number of amides is 1. The third kappa shape index (κ3) is 17.5. The van der Waals surface area contributed by atoms with E-state index in [1.807, 2.05) is 6.07 Å². The molecule has 0 bridgehead atoms. The van der Waals surface area contributed by atoms with Gasteiger partial charge in [-0.1, -0.05) is 6.07 Å². The zero-order valence-electron chi connectivity index (χ0n) is 40.0. The molecule has 68 heavy (non-hydrogen) atoms. The Labute approximate surface area is 398 Å². The molecule has 0 radical (unpaired) electrons. The highest BCUT2D eigenvalue weighted by Crippen LogP contribution is 2.42. The molecule has 1 aliphatic rings. The van der Waals surface area contributed by atoms with Crippen molar-refractivity contribution in [2.24, 2.45) is 12.8 Å². The van der Waals surface area contributed by atoms with E-state index in [9.17, 15) is 19.1 Å². The molecular weight excluding hydrogens is 882 g/mol. The van der Waals surface area contributed by atoms with E-state index in [1.165, 1.54) is 16.7 Å². The lowest BCUT2D eigenvalue weighted by atomic mass is 9.92. The molecule has 16 nitrogen and oxygen atoms in total. The Morgan fingerprint density at radius 2 is 1.19 bits per heavy atom. The quantitative estimate of drug-likeness (QED) is 0.0481. The van der Waals surface area contributed by atoms with Crippen molar-refractivity contribution in [3.8, 4) is 28.4 Å². The third-order valence-corrected chi connectivity index (χ3v) is 10.6. The number of carbonyl (C=O) groups is 1. The first kappa shape index (κ1) is 53.9. The normalized spacial score (nSPS) is 12.3. The van der Waals surface area contributed by atoms with Gasteiger partial charge in [-0.05, 0) is 105 Å². The van der Waals surface area contributed by atoms with E-state index in [4.69, 9.17) is 53.1 Å². The molecule has 17 heteroatoms. The molecule has 4 N–H and O–H groups in total. The summed E-state index contributed by atoms with van der Waals surface area (Å²) in [6.45, 7) is 15.3. The fourth-order valence-electron chi connectivity index (χ4n) is 7.09. The van der Waals surface area contributed by atoms with Crippen molar-refractivity contribution in [3.63, 3.8) is 0 Å². The molecule has 0 aliphatic heterocycles. The molecule has 3 aromatic carbocycles. The van der Waals surface area contributed by atoms with Gasteiger partial charge < -0.3 is 68.1 Å². The number of fused-ring (bicyclic) bond motifs is 1. The predicted molar refractivity (Wildman–Crippen MR) is 256 cm³/mol. The summed E-state index contributed by atoms with van der Waals surface area (Å²) in [6, 6.07) is 15.2. The van der Waals surface area contributed by atoms with Gasteiger partial charge in [-0.3, -0.25) is 9.59 Å². The lowest BCUT2D eigenvalue weighted by molar-refractivity contribution is -0.112. The highest BCUT2D eigenvalue weighted by atomic mass is 19.1. The monoisotopic (exact) mass is 949 g/mol. The third-order valence-electron chi connectivity index (χ3n) is 10.6. The summed E-state index contributed by atoms with van der Waals surface area (Å²) in [5.74, 6) is 0.838. The highest BCUT2D eigenvalue weighted by molar-refractivity contribution is 6.09. The van der Waals surface area contributed by atoms with Gasteiger partial charge in [0.05, 0.1) is 111 Å². The van der Waals surface area contributed by atoms with E-state index < -0.39 is 5.60 Å². The number of aryl methyl sites for hydroxylation is 3. The number of hydrogen-bond acceptors (Lipinski definition) is 14. The van der Waals surface area contributed by atoms with Crippen LogP contribution in [0.25, 0.3) is 17.2 Å². The molecule has 0 fully saturated rings. The van der Waals surface area contributed by atoms with Crippen molar-refractivity contribution in [1.82, 2.24) is 4.57 Å². The van der Waals surface area contributed by atoms with Crippen molar-refractivity contribution in [3.05, 3.63) is 110 Å². The summed E-state index contributed by atoms with van der Waals surface area (Å²) < 4.78 is 71.7. The number of halogens is 1. The minimum atomic E-state index is -1.19. The van der Waals surface area contributed by atoms with E-state index in [0.29, 0.717) is 186 Å². The average molecular weight is 950 g/mol. The highest BCUT2D eigenvalue weighted by Gasteiger charge is 2.28. The molecule has 0 atom stereocenters. The van der Waals surface area contributed by atoms with E-state index in [-0.39, 0.29) is 23.7 Å². The van der Waals surface area contributed by atoms with Gasteiger partial charge in [0.25, 0.3) is 11.5 Å². The van der Waals surface area contributed by atoms with Gasteiger partial charge in [0, 0.05) is 54.2 Å². The van der Waals surface area contributed by atoms with E-state index >= 15 is 0 Å². The molecule has 1 aromatic heterocycles. The van der Waals surface area contributed by atoms with E-state index in [2.05, 4.69) is 5.32 Å². The molecular formula is C51H68FN3O13. The van der Waals surface area contributed by atoms with Crippen molar-refractivity contribution in [1.29, 1.82) is 0 Å². The predicted octanol–water partition coefficient (Wildman–Crippen LogP) is 5.88. The van der Waals surface area contributed by atoms with E-state index in [1.54, 1.807) is 83.4 Å². The van der Waals surface area contributed by atoms with Crippen molar-refractivity contribution >= 4 is 17.7 Å². The number of anilines is 1. The van der Waals surface area contributed by atoms with Crippen LogP contribution in [0.2, 0.25) is 0 Å². The zero-order valence-corrected chi connectivity index (χ0v) is 40.0. The smallest absolute Gasteiger partial charge is 0.254 e. The Hall–Kier alpha value is -5.05. The number of hydrogen-bond donors (Lipinski definition) is 3. The van der Waals surface area contributed by atoms with E-state index in [0.717, 1.165) is 0 Å². The topological polar surface area (TPSA) is 190 Å². The summed E-state index contributed by atoms with van der Waals surface area (Å²) in [5, 5.41) is 13.9. The standard InChI is InChI=1S/C51H68FN3O13/c1-36-30-40(52)31-37(2)48(36)68-47-11-6-39(51(3,4)58)34-44(47)46-35-55(5)50(57)45-33-38(32-43(45)46)49(56)54-41-7-9-42(10-8-41)67-29-28-66-27-26-65-25-24-64-23-22-63-21-20-62-19-18-61-17-16-60-15-14-59-13-12-53/h6-11,30-32,34-35,58H,12-29,33,53H2,1-5H3,(H,54,56). The van der Waals surface area contributed by atoms with Crippen LogP contribution in [-0.2, 0) is 61.8 Å². The SMILES string of the molecule is Cc1cc(F)cc(C)c1Oc1ccc(C(C)(C)O)cc1-c1cn(C)c(=O)c2c1C=C(C(=O)Nc1ccc(OCCOCCOCCOCCOCCOCCOCCOCCOCCN)cc1)C2. The Bertz CT molecular complexity index is 2250. The van der Waals surface area contributed by atoms with Gasteiger partial charge in [-0.2, -0.15) is 0 Å². The second-order valence-electron chi connectivity index (χ2n) is 16.5. The Morgan fingerprint density at radius 3 is 1.68 bits per heavy atom. The molecule has 0 spiro atoms. The number of pyridine rings is 1.